The molecule has 0 aliphatic carbocycles. The van der Waals surface area contributed by atoms with Crippen molar-refractivity contribution >= 4 is 22.9 Å². The van der Waals surface area contributed by atoms with E-state index in [-0.39, 0.29) is 11.9 Å². The van der Waals surface area contributed by atoms with Crippen molar-refractivity contribution in [1.82, 2.24) is 0 Å². The Kier molecular flexibility index (Phi) is 3.82. The van der Waals surface area contributed by atoms with E-state index in [0.29, 0.717) is 10.6 Å². The smallest absolute Gasteiger partial charge is 0.133 e. The maximum Gasteiger partial charge on any atom is 0.133 e. The molecule has 0 radical (unpaired) electrons. The van der Waals surface area contributed by atoms with Crippen LogP contribution in [0.15, 0.2) is 30.3 Å². The molecule has 1 aromatic heterocycles. The molecule has 2 N–H and O–H groups in total. The summed E-state index contributed by atoms with van der Waals surface area (Å²) < 4.78 is 13.7. The molecule has 0 saturated heterocycles. The van der Waals surface area contributed by atoms with E-state index < -0.39 is 0 Å². The monoisotopic (exact) mass is 269 g/mol. The van der Waals surface area contributed by atoms with E-state index in [1.54, 1.807) is 12.1 Å². The van der Waals surface area contributed by atoms with Crippen LogP contribution in [0.1, 0.15) is 24.3 Å². The van der Waals surface area contributed by atoms with Crippen LogP contribution in [0.5, 0.6) is 0 Å². The van der Waals surface area contributed by atoms with Crippen molar-refractivity contribution < 1.29 is 4.39 Å². The fourth-order valence-corrected chi connectivity index (χ4v) is 2.87. The first-order valence-electron chi connectivity index (χ1n) is 5.42. The summed E-state index contributed by atoms with van der Waals surface area (Å²) in [6.45, 7) is 2.03. The number of halogens is 2. The van der Waals surface area contributed by atoms with E-state index in [4.69, 9.17) is 17.3 Å². The SMILES string of the molecule is CCC(N)c1ccc(-c2ccc(Cl)cc2F)s1. The first-order chi connectivity index (χ1) is 8.11. The van der Waals surface area contributed by atoms with Crippen molar-refractivity contribution in [3.05, 3.63) is 46.0 Å². The highest BCUT2D eigenvalue weighted by molar-refractivity contribution is 7.15. The lowest BCUT2D eigenvalue weighted by molar-refractivity contribution is 0.632. The van der Waals surface area contributed by atoms with E-state index in [2.05, 4.69) is 0 Å². The first kappa shape index (κ1) is 12.6. The Balaban J connectivity index is 2.37. The second kappa shape index (κ2) is 5.17. The first-order valence-corrected chi connectivity index (χ1v) is 6.62. The summed E-state index contributed by atoms with van der Waals surface area (Å²) in [7, 11) is 0. The molecule has 1 heterocycles. The highest BCUT2D eigenvalue weighted by Crippen LogP contribution is 2.33. The van der Waals surface area contributed by atoms with Gasteiger partial charge >= 0.3 is 0 Å². The number of nitrogens with two attached hydrogens (primary N) is 1. The van der Waals surface area contributed by atoms with Gasteiger partial charge < -0.3 is 5.73 Å². The van der Waals surface area contributed by atoms with Crippen LogP contribution in [0.2, 0.25) is 5.02 Å². The number of thiophene rings is 1. The topological polar surface area (TPSA) is 26.0 Å². The Bertz CT molecular complexity index is 524. The van der Waals surface area contributed by atoms with E-state index in [9.17, 15) is 4.39 Å². The van der Waals surface area contributed by atoms with Gasteiger partial charge in [0.05, 0.1) is 0 Å². The quantitative estimate of drug-likeness (QED) is 0.865. The normalized spacial score (nSPS) is 12.7. The lowest BCUT2D eigenvalue weighted by Crippen LogP contribution is -2.05. The molecule has 2 aromatic rings. The van der Waals surface area contributed by atoms with Crippen molar-refractivity contribution in [3.63, 3.8) is 0 Å². The van der Waals surface area contributed by atoms with Crippen LogP contribution in [0.25, 0.3) is 10.4 Å². The molecular weight excluding hydrogens is 257 g/mol. The average molecular weight is 270 g/mol. The highest BCUT2D eigenvalue weighted by atomic mass is 35.5. The molecule has 1 atom stereocenters. The third kappa shape index (κ3) is 2.68. The van der Waals surface area contributed by atoms with Gasteiger partial charge in [-0.1, -0.05) is 18.5 Å². The van der Waals surface area contributed by atoms with Crippen molar-refractivity contribution in [2.75, 3.05) is 0 Å². The predicted molar refractivity (Wildman–Crippen MR) is 71.9 cm³/mol. The third-order valence-corrected chi connectivity index (χ3v) is 4.11. The van der Waals surface area contributed by atoms with Crippen LogP contribution in [-0.4, -0.2) is 0 Å². The second-order valence-corrected chi connectivity index (χ2v) is 5.39. The zero-order valence-corrected chi connectivity index (χ0v) is 11.0. The number of benzene rings is 1. The zero-order valence-electron chi connectivity index (χ0n) is 9.41. The summed E-state index contributed by atoms with van der Waals surface area (Å²) >= 11 is 7.26. The molecule has 17 heavy (non-hydrogen) atoms. The number of rotatable bonds is 3. The van der Waals surface area contributed by atoms with E-state index in [0.717, 1.165) is 16.2 Å². The van der Waals surface area contributed by atoms with E-state index in [1.807, 2.05) is 19.1 Å². The molecule has 0 aliphatic rings. The van der Waals surface area contributed by atoms with Crippen LogP contribution in [0, 0.1) is 5.82 Å². The summed E-state index contributed by atoms with van der Waals surface area (Å²) in [5.41, 5.74) is 6.52. The average Bonchev–Trinajstić information content (AvgIpc) is 2.77. The maximum absolute atomic E-state index is 13.7. The minimum absolute atomic E-state index is 0.0316. The zero-order chi connectivity index (χ0) is 12.4. The maximum atomic E-state index is 13.7. The fraction of sp³-hybridized carbons (Fsp3) is 0.231. The van der Waals surface area contributed by atoms with Crippen molar-refractivity contribution in [2.45, 2.75) is 19.4 Å². The summed E-state index contributed by atoms with van der Waals surface area (Å²) in [5.74, 6) is -0.295. The Morgan fingerprint density at radius 3 is 2.76 bits per heavy atom. The minimum Gasteiger partial charge on any atom is -0.323 e. The molecule has 90 valence electrons. The fourth-order valence-electron chi connectivity index (χ4n) is 1.59. The van der Waals surface area contributed by atoms with Gasteiger partial charge in [0.2, 0.25) is 0 Å². The molecular formula is C13H13ClFNS. The molecule has 2 rings (SSSR count). The summed E-state index contributed by atoms with van der Waals surface area (Å²) in [5, 5.41) is 0.410. The lowest BCUT2D eigenvalue weighted by atomic mass is 10.1. The van der Waals surface area contributed by atoms with E-state index >= 15 is 0 Å². The molecule has 0 fully saturated rings. The third-order valence-electron chi connectivity index (χ3n) is 2.63. The van der Waals surface area contributed by atoms with Gasteiger partial charge in [-0.2, -0.15) is 0 Å². The van der Waals surface area contributed by atoms with Crippen LogP contribution in [0.3, 0.4) is 0 Å². The molecule has 0 spiro atoms. The lowest BCUT2D eigenvalue weighted by Gasteiger charge is -2.04. The molecule has 1 aromatic carbocycles. The van der Waals surface area contributed by atoms with Crippen molar-refractivity contribution in [3.8, 4) is 10.4 Å². The Morgan fingerprint density at radius 2 is 2.12 bits per heavy atom. The predicted octanol–water partition coefficient (Wildman–Crippen LogP) is 4.62. The Hall–Kier alpha value is -0.900. The highest BCUT2D eigenvalue weighted by Gasteiger charge is 2.11. The Morgan fingerprint density at radius 1 is 1.35 bits per heavy atom. The largest absolute Gasteiger partial charge is 0.323 e. The van der Waals surface area contributed by atoms with Gasteiger partial charge in [0.1, 0.15) is 5.82 Å². The van der Waals surface area contributed by atoms with Crippen LogP contribution in [0.4, 0.5) is 4.39 Å². The molecule has 0 saturated carbocycles. The van der Waals surface area contributed by atoms with E-state index in [1.165, 1.54) is 17.4 Å². The molecule has 1 nitrogen and oxygen atoms in total. The van der Waals surface area contributed by atoms with Gasteiger partial charge in [0.25, 0.3) is 0 Å². The number of hydrogen-bond acceptors (Lipinski definition) is 2. The summed E-state index contributed by atoms with van der Waals surface area (Å²) in [4.78, 5) is 1.97. The molecule has 4 heteroatoms. The van der Waals surface area contributed by atoms with Crippen molar-refractivity contribution in [1.29, 1.82) is 0 Å². The van der Waals surface area contributed by atoms with Gasteiger partial charge in [0.15, 0.2) is 0 Å². The standard InChI is InChI=1S/C13H13ClFNS/c1-2-11(16)13-6-5-12(17-13)9-4-3-8(14)7-10(9)15/h3-7,11H,2,16H2,1H3. The van der Waals surface area contributed by atoms with Crippen LogP contribution >= 0.6 is 22.9 Å². The molecule has 0 amide bonds. The molecule has 0 bridgehead atoms. The van der Waals surface area contributed by atoms with Gasteiger partial charge in [-0.05, 0) is 36.8 Å². The second-order valence-electron chi connectivity index (χ2n) is 3.84. The molecule has 0 aliphatic heterocycles. The summed E-state index contributed by atoms with van der Waals surface area (Å²) in [6, 6.07) is 8.62. The van der Waals surface area contributed by atoms with Gasteiger partial charge in [-0.3, -0.25) is 0 Å². The van der Waals surface area contributed by atoms with Gasteiger partial charge in [-0.15, -0.1) is 11.3 Å². The number of hydrogen-bond donors (Lipinski definition) is 1. The summed E-state index contributed by atoms with van der Waals surface area (Å²) in [6.07, 6.45) is 0.878. The molecule has 1 unspecified atom stereocenters. The van der Waals surface area contributed by atoms with Crippen LogP contribution in [-0.2, 0) is 0 Å². The van der Waals surface area contributed by atoms with Gasteiger partial charge in [-0.25, -0.2) is 4.39 Å². The minimum atomic E-state index is -0.295. The Labute approximate surface area is 109 Å². The van der Waals surface area contributed by atoms with Crippen LogP contribution < -0.4 is 5.73 Å². The van der Waals surface area contributed by atoms with Crippen molar-refractivity contribution in [2.24, 2.45) is 5.73 Å². The van der Waals surface area contributed by atoms with Gasteiger partial charge in [0, 0.05) is 26.4 Å².